The van der Waals surface area contributed by atoms with Crippen molar-refractivity contribution in [1.82, 2.24) is 9.97 Å². The van der Waals surface area contributed by atoms with Crippen LogP contribution in [0.3, 0.4) is 0 Å². The van der Waals surface area contributed by atoms with E-state index in [1.54, 1.807) is 6.07 Å². The van der Waals surface area contributed by atoms with Crippen molar-refractivity contribution in [3.63, 3.8) is 0 Å². The fourth-order valence-corrected chi connectivity index (χ4v) is 2.01. The lowest BCUT2D eigenvalue weighted by atomic mass is 10.1. The predicted molar refractivity (Wildman–Crippen MR) is 69.0 cm³/mol. The minimum atomic E-state index is -0.245. The van der Waals surface area contributed by atoms with Crippen LogP contribution in [0.15, 0.2) is 18.2 Å². The summed E-state index contributed by atoms with van der Waals surface area (Å²) in [4.78, 5) is 7.58. The molecule has 2 nitrogen and oxygen atoms in total. The van der Waals surface area contributed by atoms with Crippen LogP contribution in [0, 0.1) is 31.2 Å². The quantitative estimate of drug-likeness (QED) is 0.776. The number of aromatic nitrogens is 2. The molecule has 1 N–H and O–H groups in total. The number of aromatic amines is 1. The summed E-state index contributed by atoms with van der Waals surface area (Å²) in [6.45, 7) is 5.70. The molecule has 0 saturated carbocycles. The zero-order valence-electron chi connectivity index (χ0n) is 9.97. The highest BCUT2D eigenvalue weighted by molar-refractivity contribution is 7.71. The van der Waals surface area contributed by atoms with E-state index in [9.17, 15) is 4.39 Å². The summed E-state index contributed by atoms with van der Waals surface area (Å²) in [7, 11) is 0. The average molecular weight is 248 g/mol. The van der Waals surface area contributed by atoms with Crippen molar-refractivity contribution in [2.75, 3.05) is 0 Å². The molecule has 0 aliphatic carbocycles. The Morgan fingerprint density at radius 2 is 1.94 bits per heavy atom. The van der Waals surface area contributed by atoms with E-state index < -0.39 is 0 Å². The molecule has 0 amide bonds. The number of rotatable bonds is 1. The van der Waals surface area contributed by atoms with E-state index in [1.165, 1.54) is 12.1 Å². The van der Waals surface area contributed by atoms with E-state index in [2.05, 4.69) is 9.97 Å². The van der Waals surface area contributed by atoms with Gasteiger partial charge in [-0.3, -0.25) is 0 Å². The van der Waals surface area contributed by atoms with Crippen LogP contribution in [-0.2, 0) is 0 Å². The molecule has 0 aliphatic heterocycles. The largest absolute Gasteiger partial charge is 0.347 e. The first-order valence-corrected chi connectivity index (χ1v) is 5.74. The lowest BCUT2D eigenvalue weighted by Crippen LogP contribution is -1.97. The highest BCUT2D eigenvalue weighted by Gasteiger charge is 2.08. The fraction of sp³-hybridized carbons (Fsp3) is 0.231. The second-order valence-corrected chi connectivity index (χ2v) is 4.49. The zero-order valence-corrected chi connectivity index (χ0v) is 10.8. The summed E-state index contributed by atoms with van der Waals surface area (Å²) in [6.07, 6.45) is 0. The second kappa shape index (κ2) is 4.37. The summed E-state index contributed by atoms with van der Waals surface area (Å²) >= 11 is 5.26. The van der Waals surface area contributed by atoms with Gasteiger partial charge in [0.15, 0.2) is 0 Å². The molecule has 17 heavy (non-hydrogen) atoms. The smallest absolute Gasteiger partial charge is 0.130 e. The van der Waals surface area contributed by atoms with Gasteiger partial charge in [-0.2, -0.15) is 0 Å². The Balaban J connectivity index is 2.69. The first-order valence-electron chi connectivity index (χ1n) is 5.33. The summed E-state index contributed by atoms with van der Waals surface area (Å²) in [5.41, 5.74) is 4.27. The molecule has 1 aromatic heterocycles. The van der Waals surface area contributed by atoms with Crippen LogP contribution in [0.4, 0.5) is 4.39 Å². The molecule has 2 aromatic rings. The number of halogens is 1. The topological polar surface area (TPSA) is 28.7 Å². The lowest BCUT2D eigenvalue weighted by Gasteiger charge is -2.08. The van der Waals surface area contributed by atoms with Crippen molar-refractivity contribution < 1.29 is 4.39 Å². The van der Waals surface area contributed by atoms with Crippen molar-refractivity contribution in [3.8, 4) is 11.3 Å². The predicted octanol–water partition coefficient (Wildman–Crippen LogP) is 3.87. The number of hydrogen-bond donors (Lipinski definition) is 1. The highest BCUT2D eigenvalue weighted by Crippen LogP contribution is 2.23. The molecule has 0 unspecified atom stereocenters. The Morgan fingerprint density at radius 1 is 1.24 bits per heavy atom. The molecule has 0 aliphatic rings. The summed E-state index contributed by atoms with van der Waals surface area (Å²) in [6, 6.07) is 4.63. The van der Waals surface area contributed by atoms with Crippen LogP contribution in [0.2, 0.25) is 0 Å². The van der Waals surface area contributed by atoms with Crippen molar-refractivity contribution in [2.45, 2.75) is 20.8 Å². The van der Waals surface area contributed by atoms with Gasteiger partial charge in [0.2, 0.25) is 0 Å². The van der Waals surface area contributed by atoms with Gasteiger partial charge in [0.25, 0.3) is 0 Å². The standard InChI is InChI=1S/C13H13FN2S/c1-7-6-10(14)4-5-11(7)12-13(17)16-9(3)8(2)15-12/h4-6H,1-3H3,(H,16,17). The third-order valence-electron chi connectivity index (χ3n) is 2.78. The summed E-state index contributed by atoms with van der Waals surface area (Å²) in [5.74, 6) is -0.245. The third-order valence-corrected chi connectivity index (χ3v) is 3.08. The van der Waals surface area contributed by atoms with Crippen LogP contribution in [0.5, 0.6) is 0 Å². The van der Waals surface area contributed by atoms with Crippen molar-refractivity contribution in [1.29, 1.82) is 0 Å². The van der Waals surface area contributed by atoms with Gasteiger partial charge in [-0.25, -0.2) is 9.37 Å². The van der Waals surface area contributed by atoms with Gasteiger partial charge >= 0.3 is 0 Å². The number of hydrogen-bond acceptors (Lipinski definition) is 2. The van der Waals surface area contributed by atoms with E-state index in [-0.39, 0.29) is 5.82 Å². The van der Waals surface area contributed by atoms with Gasteiger partial charge in [-0.05, 0) is 44.5 Å². The lowest BCUT2D eigenvalue weighted by molar-refractivity contribution is 0.627. The zero-order chi connectivity index (χ0) is 12.6. The highest BCUT2D eigenvalue weighted by atomic mass is 32.1. The van der Waals surface area contributed by atoms with E-state index in [1.807, 2.05) is 20.8 Å². The molecule has 0 fully saturated rings. The maximum atomic E-state index is 13.1. The van der Waals surface area contributed by atoms with Crippen LogP contribution >= 0.6 is 12.2 Å². The minimum Gasteiger partial charge on any atom is -0.347 e. The van der Waals surface area contributed by atoms with Crippen LogP contribution in [-0.4, -0.2) is 9.97 Å². The van der Waals surface area contributed by atoms with E-state index >= 15 is 0 Å². The van der Waals surface area contributed by atoms with Gasteiger partial charge in [0.05, 0.1) is 5.69 Å². The number of nitrogens with zero attached hydrogens (tertiary/aromatic N) is 1. The van der Waals surface area contributed by atoms with Gasteiger partial charge < -0.3 is 4.98 Å². The van der Waals surface area contributed by atoms with Crippen LogP contribution in [0.1, 0.15) is 17.0 Å². The van der Waals surface area contributed by atoms with Crippen molar-refractivity contribution >= 4 is 12.2 Å². The summed E-state index contributed by atoms with van der Waals surface area (Å²) in [5, 5.41) is 0. The van der Waals surface area contributed by atoms with Gasteiger partial charge in [0, 0.05) is 11.3 Å². The number of benzene rings is 1. The minimum absolute atomic E-state index is 0.245. The Labute approximate surface area is 105 Å². The Hall–Kier alpha value is -1.55. The first kappa shape index (κ1) is 11.9. The van der Waals surface area contributed by atoms with Crippen LogP contribution in [0.25, 0.3) is 11.3 Å². The van der Waals surface area contributed by atoms with Gasteiger partial charge in [-0.15, -0.1) is 0 Å². The molecule has 0 radical (unpaired) electrons. The van der Waals surface area contributed by atoms with Crippen molar-refractivity contribution in [3.05, 3.63) is 45.6 Å². The molecule has 1 heterocycles. The molecule has 0 atom stereocenters. The molecule has 0 saturated heterocycles. The average Bonchev–Trinajstić information content (AvgIpc) is 2.24. The Kier molecular flexibility index (Phi) is 3.07. The Bertz CT molecular complexity index is 632. The van der Waals surface area contributed by atoms with Gasteiger partial charge in [0.1, 0.15) is 16.2 Å². The van der Waals surface area contributed by atoms with E-state index in [0.717, 1.165) is 22.5 Å². The maximum absolute atomic E-state index is 13.1. The normalized spacial score (nSPS) is 10.6. The molecular weight excluding hydrogens is 235 g/mol. The molecule has 2 rings (SSSR count). The summed E-state index contributed by atoms with van der Waals surface area (Å²) < 4.78 is 13.6. The van der Waals surface area contributed by atoms with E-state index in [4.69, 9.17) is 12.2 Å². The molecule has 1 aromatic carbocycles. The van der Waals surface area contributed by atoms with Gasteiger partial charge in [-0.1, -0.05) is 12.2 Å². The number of nitrogens with one attached hydrogen (secondary N) is 1. The van der Waals surface area contributed by atoms with Crippen molar-refractivity contribution in [2.24, 2.45) is 0 Å². The first-order chi connectivity index (χ1) is 7.99. The molecule has 4 heteroatoms. The van der Waals surface area contributed by atoms with E-state index in [0.29, 0.717) is 10.3 Å². The maximum Gasteiger partial charge on any atom is 0.130 e. The fourth-order valence-electron chi connectivity index (χ4n) is 1.70. The SMILES string of the molecule is Cc1cc(F)ccc1-c1nc(C)c(C)[nH]c1=S. The third kappa shape index (κ3) is 2.26. The Morgan fingerprint density at radius 3 is 2.59 bits per heavy atom. The second-order valence-electron chi connectivity index (χ2n) is 4.08. The number of H-pyrrole nitrogens is 1. The monoisotopic (exact) mass is 248 g/mol. The molecule has 0 bridgehead atoms. The number of aryl methyl sites for hydroxylation is 3. The van der Waals surface area contributed by atoms with Crippen LogP contribution < -0.4 is 0 Å². The molecule has 0 spiro atoms. The molecular formula is C13H13FN2S. The molecule has 88 valence electrons.